The van der Waals surface area contributed by atoms with E-state index in [1.165, 1.54) is 4.88 Å². The molecule has 0 saturated carbocycles. The van der Waals surface area contributed by atoms with Gasteiger partial charge >= 0.3 is 0 Å². The Bertz CT molecular complexity index is 323. The van der Waals surface area contributed by atoms with Crippen molar-refractivity contribution in [1.82, 2.24) is 10.3 Å². The smallest absolute Gasteiger partial charge is 0.185 e. The fourth-order valence-corrected chi connectivity index (χ4v) is 2.90. The molecule has 4 nitrogen and oxygen atoms in total. The predicted octanol–water partition coefficient (Wildman–Crippen LogP) is 1.48. The van der Waals surface area contributed by atoms with E-state index in [1.54, 1.807) is 11.3 Å². The van der Waals surface area contributed by atoms with E-state index in [-0.39, 0.29) is 0 Å². The third kappa shape index (κ3) is 2.72. The number of hydrogen-bond acceptors (Lipinski definition) is 5. The second-order valence-corrected chi connectivity index (χ2v) is 5.19. The average molecular weight is 241 g/mol. The molecule has 5 heteroatoms. The van der Waals surface area contributed by atoms with Crippen LogP contribution in [0.15, 0.2) is 6.20 Å². The van der Waals surface area contributed by atoms with Crippen LogP contribution in [0.2, 0.25) is 0 Å². The summed E-state index contributed by atoms with van der Waals surface area (Å²) in [6.45, 7) is 2.66. The van der Waals surface area contributed by atoms with Crippen LogP contribution in [0.3, 0.4) is 0 Å². The van der Waals surface area contributed by atoms with Crippen molar-refractivity contribution < 1.29 is 4.74 Å². The summed E-state index contributed by atoms with van der Waals surface area (Å²) in [6.07, 6.45) is 4.18. The van der Waals surface area contributed by atoms with Gasteiger partial charge in [0.2, 0.25) is 0 Å². The first kappa shape index (κ1) is 11.8. The summed E-state index contributed by atoms with van der Waals surface area (Å²) in [5, 5.41) is 4.27. The third-order valence-corrected chi connectivity index (χ3v) is 4.02. The number of aromatic nitrogens is 1. The molecule has 0 amide bonds. The summed E-state index contributed by atoms with van der Waals surface area (Å²) in [4.78, 5) is 8.06. The van der Waals surface area contributed by atoms with Gasteiger partial charge in [0.15, 0.2) is 5.13 Å². The molecule has 90 valence electrons. The lowest BCUT2D eigenvalue weighted by Gasteiger charge is -2.30. The Morgan fingerprint density at radius 2 is 2.31 bits per heavy atom. The molecule has 1 saturated heterocycles. The van der Waals surface area contributed by atoms with Crippen molar-refractivity contribution in [3.63, 3.8) is 0 Å². The van der Waals surface area contributed by atoms with E-state index in [0.717, 1.165) is 37.7 Å². The van der Waals surface area contributed by atoms with Gasteiger partial charge in [-0.05, 0) is 19.9 Å². The molecule has 2 rings (SSSR count). The zero-order valence-corrected chi connectivity index (χ0v) is 10.7. The van der Waals surface area contributed by atoms with Crippen LogP contribution in [0.25, 0.3) is 0 Å². The van der Waals surface area contributed by atoms with Crippen molar-refractivity contribution in [2.24, 2.45) is 0 Å². The van der Waals surface area contributed by atoms with Crippen LogP contribution < -0.4 is 10.2 Å². The third-order valence-electron chi connectivity index (χ3n) is 2.93. The fraction of sp³-hybridized carbons (Fsp3) is 0.727. The van der Waals surface area contributed by atoms with Gasteiger partial charge in [0.25, 0.3) is 0 Å². The molecule has 1 fully saturated rings. The lowest BCUT2D eigenvalue weighted by Crippen LogP contribution is -2.36. The Hall–Kier alpha value is -0.650. The molecular weight excluding hydrogens is 222 g/mol. The molecule has 1 aromatic heterocycles. The molecule has 0 aliphatic carbocycles. The Labute approximate surface area is 101 Å². The van der Waals surface area contributed by atoms with Crippen molar-refractivity contribution in [1.29, 1.82) is 0 Å². The van der Waals surface area contributed by atoms with E-state index in [1.807, 2.05) is 13.2 Å². The standard InChI is InChI=1S/C11H19N3OS/c1-12-7-10-8-13-11(16-10)14(2)9-3-5-15-6-4-9/h8-9,12H,3-7H2,1-2H3. The summed E-state index contributed by atoms with van der Waals surface area (Å²) < 4.78 is 5.38. The molecule has 0 atom stereocenters. The Morgan fingerprint density at radius 1 is 1.56 bits per heavy atom. The normalized spacial score (nSPS) is 17.6. The molecule has 0 radical (unpaired) electrons. The first-order chi connectivity index (χ1) is 7.81. The van der Waals surface area contributed by atoms with Crippen LogP contribution in [-0.4, -0.2) is 38.3 Å². The van der Waals surface area contributed by atoms with E-state index in [2.05, 4.69) is 22.2 Å². The molecule has 1 aliphatic rings. The number of anilines is 1. The van der Waals surface area contributed by atoms with E-state index in [4.69, 9.17) is 4.74 Å². The number of rotatable bonds is 4. The summed E-state index contributed by atoms with van der Waals surface area (Å²) in [5.74, 6) is 0. The topological polar surface area (TPSA) is 37.4 Å². The number of nitrogens with zero attached hydrogens (tertiary/aromatic N) is 2. The molecule has 1 aliphatic heterocycles. The van der Waals surface area contributed by atoms with E-state index >= 15 is 0 Å². The van der Waals surface area contributed by atoms with Crippen molar-refractivity contribution >= 4 is 16.5 Å². The van der Waals surface area contributed by atoms with Gasteiger partial charge in [0.1, 0.15) is 0 Å². The maximum absolute atomic E-state index is 5.38. The van der Waals surface area contributed by atoms with Gasteiger partial charge in [-0.3, -0.25) is 0 Å². The highest BCUT2D eigenvalue weighted by Crippen LogP contribution is 2.25. The maximum Gasteiger partial charge on any atom is 0.185 e. The van der Waals surface area contributed by atoms with Crippen molar-refractivity contribution in [3.8, 4) is 0 Å². The summed E-state index contributed by atoms with van der Waals surface area (Å²) in [6, 6.07) is 0.585. The molecule has 2 heterocycles. The van der Waals surface area contributed by atoms with Crippen LogP contribution in [0.1, 0.15) is 17.7 Å². The van der Waals surface area contributed by atoms with E-state index in [9.17, 15) is 0 Å². The van der Waals surface area contributed by atoms with Crippen molar-refractivity contribution in [2.45, 2.75) is 25.4 Å². The highest BCUT2D eigenvalue weighted by Gasteiger charge is 2.20. The zero-order valence-electron chi connectivity index (χ0n) is 9.90. The minimum absolute atomic E-state index is 0.585. The number of thiazole rings is 1. The quantitative estimate of drug-likeness (QED) is 0.866. The SMILES string of the molecule is CNCc1cnc(N(C)C2CCOCC2)s1. The van der Waals surface area contributed by atoms with Crippen LogP contribution in [0.5, 0.6) is 0 Å². The lowest BCUT2D eigenvalue weighted by atomic mass is 10.1. The van der Waals surface area contributed by atoms with Crippen LogP contribution in [0, 0.1) is 0 Å². The maximum atomic E-state index is 5.38. The summed E-state index contributed by atoms with van der Waals surface area (Å²) >= 11 is 1.77. The minimum Gasteiger partial charge on any atom is -0.381 e. The molecule has 0 unspecified atom stereocenters. The van der Waals surface area contributed by atoms with Gasteiger partial charge in [-0.1, -0.05) is 0 Å². The molecule has 1 aromatic rings. The summed E-state index contributed by atoms with van der Waals surface area (Å²) in [5.41, 5.74) is 0. The molecule has 0 bridgehead atoms. The average Bonchev–Trinajstić information content (AvgIpc) is 2.78. The van der Waals surface area contributed by atoms with Crippen molar-refractivity contribution in [2.75, 3.05) is 32.2 Å². The predicted molar refractivity (Wildman–Crippen MR) is 67.1 cm³/mol. The first-order valence-corrected chi connectivity index (χ1v) is 6.53. The number of nitrogens with one attached hydrogen (secondary N) is 1. The van der Waals surface area contributed by atoms with Crippen LogP contribution in [-0.2, 0) is 11.3 Å². The lowest BCUT2D eigenvalue weighted by molar-refractivity contribution is 0.0855. The zero-order chi connectivity index (χ0) is 11.4. The van der Waals surface area contributed by atoms with Gasteiger partial charge in [0, 0.05) is 43.9 Å². The van der Waals surface area contributed by atoms with Gasteiger partial charge in [-0.2, -0.15) is 0 Å². The van der Waals surface area contributed by atoms with Crippen LogP contribution >= 0.6 is 11.3 Å². The highest BCUT2D eigenvalue weighted by molar-refractivity contribution is 7.15. The van der Waals surface area contributed by atoms with Crippen molar-refractivity contribution in [3.05, 3.63) is 11.1 Å². The Balaban J connectivity index is 1.98. The first-order valence-electron chi connectivity index (χ1n) is 5.71. The summed E-state index contributed by atoms with van der Waals surface area (Å²) in [7, 11) is 4.10. The largest absolute Gasteiger partial charge is 0.381 e. The molecule has 0 aromatic carbocycles. The van der Waals surface area contributed by atoms with E-state index in [0.29, 0.717) is 6.04 Å². The monoisotopic (exact) mass is 241 g/mol. The Kier molecular flexibility index (Phi) is 4.15. The van der Waals surface area contributed by atoms with Crippen LogP contribution in [0.4, 0.5) is 5.13 Å². The number of ether oxygens (including phenoxy) is 1. The second-order valence-electron chi connectivity index (χ2n) is 4.09. The molecular formula is C11H19N3OS. The van der Waals surface area contributed by atoms with E-state index < -0.39 is 0 Å². The highest BCUT2D eigenvalue weighted by atomic mass is 32.1. The molecule has 0 spiro atoms. The fourth-order valence-electron chi connectivity index (χ4n) is 1.94. The Morgan fingerprint density at radius 3 is 3.00 bits per heavy atom. The minimum atomic E-state index is 0.585. The second kappa shape index (κ2) is 5.61. The van der Waals surface area contributed by atoms with Gasteiger partial charge in [-0.15, -0.1) is 11.3 Å². The van der Waals surface area contributed by atoms with Gasteiger partial charge in [0.05, 0.1) is 0 Å². The van der Waals surface area contributed by atoms with Gasteiger partial charge < -0.3 is 15.0 Å². The van der Waals surface area contributed by atoms with Gasteiger partial charge in [-0.25, -0.2) is 4.98 Å². The number of hydrogen-bond donors (Lipinski definition) is 1. The molecule has 16 heavy (non-hydrogen) atoms. The molecule has 1 N–H and O–H groups in total.